The first-order chi connectivity index (χ1) is 12.1. The number of ether oxygens (including phenoxy) is 1. The number of nitriles is 1. The van der Waals surface area contributed by atoms with E-state index < -0.39 is 11.9 Å². The quantitative estimate of drug-likeness (QED) is 0.387. The van der Waals surface area contributed by atoms with Crippen LogP contribution in [0.5, 0.6) is 0 Å². The summed E-state index contributed by atoms with van der Waals surface area (Å²) in [6.07, 6.45) is 1.57. The van der Waals surface area contributed by atoms with E-state index in [2.05, 4.69) is 10.6 Å². The molecule has 0 bridgehead atoms. The lowest BCUT2D eigenvalue weighted by molar-refractivity contribution is -0.138. The van der Waals surface area contributed by atoms with Gasteiger partial charge in [-0.25, -0.2) is 4.79 Å². The molecule has 0 fully saturated rings. The van der Waals surface area contributed by atoms with E-state index in [4.69, 9.17) is 4.74 Å². The van der Waals surface area contributed by atoms with Gasteiger partial charge in [0.2, 0.25) is 0 Å². The molecule has 2 aromatic carbocycles. The topological polar surface area (TPSA) is 91.2 Å². The summed E-state index contributed by atoms with van der Waals surface area (Å²) in [6, 6.07) is 13.2. The maximum Gasteiger partial charge on any atom is 0.351 e. The molecule has 0 unspecified atom stereocenters. The molecule has 126 valence electrons. The Morgan fingerprint density at radius 2 is 1.80 bits per heavy atom. The molecule has 0 saturated carbocycles. The van der Waals surface area contributed by atoms with Crippen LogP contribution in [0.25, 0.3) is 10.8 Å². The number of anilines is 2. The Hall–Kier alpha value is -3.33. The molecular weight excluding hydrogens is 318 g/mol. The summed E-state index contributed by atoms with van der Waals surface area (Å²) < 4.78 is 5.06. The molecule has 2 N–H and O–H groups in total. The van der Waals surface area contributed by atoms with Crippen LogP contribution in [0.4, 0.5) is 11.4 Å². The number of carbonyl (C=O) groups is 2. The van der Waals surface area contributed by atoms with Crippen molar-refractivity contribution in [3.63, 3.8) is 0 Å². The second kappa shape index (κ2) is 7.05. The molecule has 0 atom stereocenters. The fourth-order valence-corrected chi connectivity index (χ4v) is 2.58. The minimum atomic E-state index is -0.794. The second-order valence-electron chi connectivity index (χ2n) is 5.68. The predicted octanol–water partition coefficient (Wildman–Crippen LogP) is 3.32. The lowest BCUT2D eigenvalue weighted by Crippen LogP contribution is -2.29. The Balaban J connectivity index is 1.96. The van der Waals surface area contributed by atoms with Crippen LogP contribution in [-0.4, -0.2) is 18.5 Å². The fraction of sp³-hybridized carbons (Fsp3) is 0.211. The van der Waals surface area contributed by atoms with E-state index in [1.807, 2.05) is 43.3 Å². The van der Waals surface area contributed by atoms with Gasteiger partial charge in [0.1, 0.15) is 11.8 Å². The van der Waals surface area contributed by atoms with Crippen molar-refractivity contribution in [2.45, 2.75) is 19.8 Å². The summed E-state index contributed by atoms with van der Waals surface area (Å²) in [5.41, 5.74) is 0.811. The number of benzene rings is 2. The molecule has 6 nitrogen and oxygen atoms in total. The van der Waals surface area contributed by atoms with Gasteiger partial charge >= 0.3 is 5.97 Å². The summed E-state index contributed by atoms with van der Waals surface area (Å²) in [5.74, 6) is -1.33. The Kier molecular flexibility index (Phi) is 4.66. The summed E-state index contributed by atoms with van der Waals surface area (Å²) in [4.78, 5) is 24.4. The molecule has 1 heterocycles. The van der Waals surface area contributed by atoms with Gasteiger partial charge in [0.25, 0.3) is 5.91 Å². The van der Waals surface area contributed by atoms with Crippen LogP contribution >= 0.6 is 0 Å². The number of hydrogen-bond acceptors (Lipinski definition) is 5. The van der Waals surface area contributed by atoms with Gasteiger partial charge < -0.3 is 15.4 Å². The summed E-state index contributed by atoms with van der Waals surface area (Å²) in [7, 11) is 0. The van der Waals surface area contributed by atoms with Gasteiger partial charge in [-0.15, -0.1) is 0 Å². The zero-order valence-corrected chi connectivity index (χ0v) is 13.8. The first-order valence-electron chi connectivity index (χ1n) is 8.06. The smallest absolute Gasteiger partial charge is 0.351 e. The number of amides is 1. The van der Waals surface area contributed by atoms with Gasteiger partial charge in [-0.3, -0.25) is 4.79 Å². The average Bonchev–Trinajstić information content (AvgIpc) is 2.61. The Morgan fingerprint density at radius 3 is 2.40 bits per heavy atom. The van der Waals surface area contributed by atoms with Crippen molar-refractivity contribution in [1.82, 2.24) is 0 Å². The fourth-order valence-electron chi connectivity index (χ4n) is 2.58. The summed E-state index contributed by atoms with van der Waals surface area (Å²) in [5, 5.41) is 16.9. The molecule has 0 radical (unpaired) electrons. The molecule has 1 aliphatic rings. The van der Waals surface area contributed by atoms with Gasteiger partial charge in [-0.2, -0.15) is 5.26 Å². The lowest BCUT2D eigenvalue weighted by atomic mass is 10.1. The highest BCUT2D eigenvalue weighted by Crippen LogP contribution is 2.33. The van der Waals surface area contributed by atoms with Crippen LogP contribution in [0.3, 0.4) is 0 Å². The number of carbonyl (C=O) groups excluding carboxylic acids is 2. The number of esters is 1. The van der Waals surface area contributed by atoms with Crippen LogP contribution < -0.4 is 10.6 Å². The first kappa shape index (κ1) is 16.5. The number of nitrogens with zero attached hydrogens (tertiary/aromatic N) is 1. The first-order valence-corrected chi connectivity index (χ1v) is 8.06. The van der Waals surface area contributed by atoms with Crippen molar-refractivity contribution >= 4 is 34.0 Å². The third-order valence-electron chi connectivity index (χ3n) is 3.92. The molecule has 1 amide bonds. The maximum absolute atomic E-state index is 12.3. The standard InChI is InChI=1S/C19H17N3O3/c1-2-3-8-25-19(24)14(11-20)17-18(23)22-16-10-13-7-5-4-6-12(13)9-15(16)21-17/h4-7,9-10,21H,2-3,8H2,1H3,(H,22,23)/b17-14+. The van der Waals surface area contributed by atoms with Crippen molar-refractivity contribution in [3.8, 4) is 6.07 Å². The van der Waals surface area contributed by atoms with Crippen LogP contribution in [0.2, 0.25) is 0 Å². The van der Waals surface area contributed by atoms with E-state index in [9.17, 15) is 14.9 Å². The van der Waals surface area contributed by atoms with Crippen LogP contribution in [-0.2, 0) is 14.3 Å². The van der Waals surface area contributed by atoms with Gasteiger partial charge in [-0.05, 0) is 29.3 Å². The van der Waals surface area contributed by atoms with E-state index >= 15 is 0 Å². The van der Waals surface area contributed by atoms with Crippen molar-refractivity contribution < 1.29 is 14.3 Å². The zero-order valence-electron chi connectivity index (χ0n) is 13.8. The van der Waals surface area contributed by atoms with E-state index in [1.54, 1.807) is 6.07 Å². The van der Waals surface area contributed by atoms with Crippen molar-refractivity contribution in [1.29, 1.82) is 5.26 Å². The molecular formula is C19H17N3O3. The van der Waals surface area contributed by atoms with Crippen LogP contribution in [0.15, 0.2) is 47.7 Å². The monoisotopic (exact) mass is 335 g/mol. The highest BCUT2D eigenvalue weighted by atomic mass is 16.5. The highest BCUT2D eigenvalue weighted by molar-refractivity contribution is 6.17. The molecule has 25 heavy (non-hydrogen) atoms. The second-order valence-corrected chi connectivity index (χ2v) is 5.68. The molecule has 0 aliphatic carbocycles. The highest BCUT2D eigenvalue weighted by Gasteiger charge is 2.27. The number of fused-ring (bicyclic) bond motifs is 2. The maximum atomic E-state index is 12.3. The van der Waals surface area contributed by atoms with Crippen molar-refractivity contribution in [2.24, 2.45) is 0 Å². The third-order valence-corrected chi connectivity index (χ3v) is 3.92. The van der Waals surface area contributed by atoms with Gasteiger partial charge in [0, 0.05) is 0 Å². The number of rotatable bonds is 4. The average molecular weight is 335 g/mol. The zero-order chi connectivity index (χ0) is 17.8. The Labute approximate surface area is 145 Å². The molecule has 0 saturated heterocycles. The van der Waals surface area contributed by atoms with E-state index in [1.165, 1.54) is 0 Å². The summed E-state index contributed by atoms with van der Waals surface area (Å²) in [6.45, 7) is 2.19. The van der Waals surface area contributed by atoms with E-state index in [0.29, 0.717) is 17.8 Å². The molecule has 2 aromatic rings. The lowest BCUT2D eigenvalue weighted by Gasteiger charge is -2.22. The van der Waals surface area contributed by atoms with Gasteiger partial charge in [-0.1, -0.05) is 37.6 Å². The minimum absolute atomic E-state index is 0.0909. The molecule has 0 spiro atoms. The number of nitrogens with one attached hydrogen (secondary N) is 2. The minimum Gasteiger partial charge on any atom is -0.462 e. The molecule has 6 heteroatoms. The normalized spacial score (nSPS) is 14.8. The van der Waals surface area contributed by atoms with Gasteiger partial charge in [0.15, 0.2) is 5.57 Å². The Morgan fingerprint density at radius 1 is 1.16 bits per heavy atom. The van der Waals surface area contributed by atoms with E-state index in [0.717, 1.165) is 17.2 Å². The van der Waals surface area contributed by atoms with Crippen molar-refractivity contribution in [3.05, 3.63) is 47.7 Å². The Bertz CT molecular complexity index is 925. The van der Waals surface area contributed by atoms with Crippen LogP contribution in [0.1, 0.15) is 19.8 Å². The van der Waals surface area contributed by atoms with Crippen molar-refractivity contribution in [2.75, 3.05) is 17.2 Å². The van der Waals surface area contributed by atoms with E-state index in [-0.39, 0.29) is 17.9 Å². The predicted molar refractivity (Wildman–Crippen MR) is 94.7 cm³/mol. The van der Waals surface area contributed by atoms with Gasteiger partial charge in [0.05, 0.1) is 18.0 Å². The number of unbranched alkanes of at least 4 members (excludes halogenated alkanes) is 1. The molecule has 1 aliphatic heterocycles. The molecule has 3 rings (SSSR count). The largest absolute Gasteiger partial charge is 0.462 e. The summed E-state index contributed by atoms with van der Waals surface area (Å²) >= 11 is 0. The third kappa shape index (κ3) is 3.31. The van der Waals surface area contributed by atoms with Crippen LogP contribution in [0, 0.1) is 11.3 Å². The SMILES string of the molecule is CCCCOC(=O)/C(C#N)=C1/Nc2cc3ccccc3cc2NC1=O. The number of hydrogen-bond donors (Lipinski definition) is 2. The molecule has 0 aromatic heterocycles.